The molecule has 2 rings (SSSR count). The summed E-state index contributed by atoms with van der Waals surface area (Å²) in [5, 5.41) is 18.3. The maximum Gasteiger partial charge on any atom is 0.272 e. The average molecular weight is 315 g/mol. The van der Waals surface area contributed by atoms with Crippen LogP contribution in [0.25, 0.3) is 0 Å². The number of rotatable bonds is 6. The first kappa shape index (κ1) is 14.6. The van der Waals surface area contributed by atoms with Gasteiger partial charge in [0.15, 0.2) is 0 Å². The minimum absolute atomic E-state index is 0.123. The van der Waals surface area contributed by atoms with E-state index in [1.165, 1.54) is 12.1 Å². The number of anilines is 1. The number of hydrogen-bond donors (Lipinski definition) is 1. The molecule has 0 amide bonds. The van der Waals surface area contributed by atoms with Crippen LogP contribution in [0.1, 0.15) is 6.42 Å². The van der Waals surface area contributed by atoms with Crippen molar-refractivity contribution in [3.8, 4) is 0 Å². The molecule has 1 aromatic heterocycles. The molecule has 0 bridgehead atoms. The lowest BCUT2D eigenvalue weighted by Crippen LogP contribution is -2.07. The topological polar surface area (TPSA) is 73.0 Å². The number of nitrogens with zero attached hydrogens (tertiary/aromatic N) is 3. The van der Waals surface area contributed by atoms with Gasteiger partial charge in [-0.1, -0.05) is 23.2 Å². The van der Waals surface area contributed by atoms with E-state index in [1.54, 1.807) is 6.20 Å². The van der Waals surface area contributed by atoms with Gasteiger partial charge < -0.3 is 5.32 Å². The van der Waals surface area contributed by atoms with E-state index < -0.39 is 4.92 Å². The molecule has 0 fully saturated rings. The Balaban J connectivity index is 1.94. The Kier molecular flexibility index (Phi) is 4.81. The Morgan fingerprint density at radius 3 is 2.60 bits per heavy atom. The molecule has 2 aromatic rings. The smallest absolute Gasteiger partial charge is 0.272 e. The molecule has 0 radical (unpaired) electrons. The first-order chi connectivity index (χ1) is 9.58. The summed E-state index contributed by atoms with van der Waals surface area (Å²) in [6.07, 6.45) is 4.43. The summed E-state index contributed by atoms with van der Waals surface area (Å²) in [5.41, 5.74) is 0.390. The molecule has 1 N–H and O–H groups in total. The average Bonchev–Trinajstić information content (AvgIpc) is 2.89. The second kappa shape index (κ2) is 6.58. The number of non-ortho nitro benzene ring substituents is 1. The summed E-state index contributed by atoms with van der Waals surface area (Å²) in [5.74, 6) is 0. The predicted octanol–water partition coefficient (Wildman–Crippen LogP) is 3.60. The zero-order valence-corrected chi connectivity index (χ0v) is 11.9. The van der Waals surface area contributed by atoms with Gasteiger partial charge in [0.05, 0.1) is 20.7 Å². The monoisotopic (exact) mass is 314 g/mol. The number of nitro groups is 1. The lowest BCUT2D eigenvalue weighted by Gasteiger charge is -2.10. The number of hydrogen-bond acceptors (Lipinski definition) is 4. The summed E-state index contributed by atoms with van der Waals surface area (Å²) in [6, 6.07) is 4.42. The van der Waals surface area contributed by atoms with Gasteiger partial charge in [-0.2, -0.15) is 5.10 Å². The third kappa shape index (κ3) is 3.61. The lowest BCUT2D eigenvalue weighted by molar-refractivity contribution is -0.384. The Morgan fingerprint density at radius 2 is 2.05 bits per heavy atom. The van der Waals surface area contributed by atoms with Crippen molar-refractivity contribution in [1.29, 1.82) is 0 Å². The number of nitro benzene ring substituents is 1. The van der Waals surface area contributed by atoms with Crippen LogP contribution in [0.2, 0.25) is 10.0 Å². The maximum atomic E-state index is 10.7. The minimum Gasteiger partial charge on any atom is -0.383 e. The molecular weight excluding hydrogens is 303 g/mol. The minimum atomic E-state index is -0.529. The Labute approximate surface area is 125 Å². The van der Waals surface area contributed by atoms with E-state index in [0.29, 0.717) is 12.2 Å². The molecule has 0 aliphatic rings. The summed E-state index contributed by atoms with van der Waals surface area (Å²) < 4.78 is 1.82. The first-order valence-electron chi connectivity index (χ1n) is 5.92. The highest BCUT2D eigenvalue weighted by Gasteiger charge is 2.14. The summed E-state index contributed by atoms with van der Waals surface area (Å²) >= 11 is 12.0. The fraction of sp³-hybridized carbons (Fsp3) is 0.250. The van der Waals surface area contributed by atoms with Crippen LogP contribution < -0.4 is 5.32 Å². The number of nitrogens with one attached hydrogen (secondary N) is 1. The Bertz CT molecular complexity index is 579. The van der Waals surface area contributed by atoms with Gasteiger partial charge in [0.1, 0.15) is 0 Å². The fourth-order valence-corrected chi connectivity index (χ4v) is 2.33. The van der Waals surface area contributed by atoms with Gasteiger partial charge in [-0.25, -0.2) is 0 Å². The van der Waals surface area contributed by atoms with Gasteiger partial charge in [-0.3, -0.25) is 14.8 Å². The van der Waals surface area contributed by atoms with Crippen molar-refractivity contribution in [2.45, 2.75) is 13.0 Å². The van der Waals surface area contributed by atoms with E-state index in [0.717, 1.165) is 13.0 Å². The normalized spacial score (nSPS) is 10.5. The third-order valence-electron chi connectivity index (χ3n) is 2.66. The van der Waals surface area contributed by atoms with Gasteiger partial charge in [0.25, 0.3) is 5.69 Å². The van der Waals surface area contributed by atoms with E-state index in [4.69, 9.17) is 23.2 Å². The molecule has 8 heteroatoms. The molecule has 1 aromatic carbocycles. The molecule has 0 unspecified atom stereocenters. The third-order valence-corrected chi connectivity index (χ3v) is 3.26. The van der Waals surface area contributed by atoms with Crippen molar-refractivity contribution in [3.05, 3.63) is 50.8 Å². The first-order valence-corrected chi connectivity index (χ1v) is 6.68. The highest BCUT2D eigenvalue weighted by molar-refractivity contribution is 6.39. The molecule has 0 aliphatic carbocycles. The number of aromatic nitrogens is 2. The van der Waals surface area contributed by atoms with Crippen molar-refractivity contribution in [2.75, 3.05) is 11.9 Å². The van der Waals surface area contributed by atoms with E-state index in [9.17, 15) is 10.1 Å². The van der Waals surface area contributed by atoms with Crippen molar-refractivity contribution in [3.63, 3.8) is 0 Å². The molecule has 0 aliphatic heterocycles. The van der Waals surface area contributed by atoms with E-state index in [1.807, 2.05) is 16.9 Å². The summed E-state index contributed by atoms with van der Waals surface area (Å²) in [4.78, 5) is 10.1. The second-order valence-corrected chi connectivity index (χ2v) is 4.91. The van der Waals surface area contributed by atoms with Crippen molar-refractivity contribution in [1.82, 2.24) is 9.78 Å². The standard InChI is InChI=1S/C12H12Cl2N4O2/c13-10-7-9(18(19)20)8-11(14)12(10)15-3-1-5-17-6-2-4-16-17/h2,4,6-8,15H,1,3,5H2. The maximum absolute atomic E-state index is 10.7. The van der Waals surface area contributed by atoms with Gasteiger partial charge in [0, 0.05) is 37.6 Å². The van der Waals surface area contributed by atoms with Gasteiger partial charge in [-0.15, -0.1) is 0 Å². The van der Waals surface area contributed by atoms with Crippen LogP contribution in [0, 0.1) is 10.1 Å². The van der Waals surface area contributed by atoms with E-state index >= 15 is 0 Å². The molecule has 1 heterocycles. The van der Waals surface area contributed by atoms with Crippen LogP contribution in [-0.4, -0.2) is 21.2 Å². The van der Waals surface area contributed by atoms with Crippen LogP contribution in [0.15, 0.2) is 30.6 Å². The van der Waals surface area contributed by atoms with Crippen LogP contribution in [0.4, 0.5) is 11.4 Å². The van der Waals surface area contributed by atoms with Gasteiger partial charge in [0.2, 0.25) is 0 Å². The summed E-state index contributed by atoms with van der Waals surface area (Å²) in [6.45, 7) is 1.40. The highest BCUT2D eigenvalue weighted by Crippen LogP contribution is 2.34. The lowest BCUT2D eigenvalue weighted by atomic mass is 10.2. The number of halogens is 2. The highest BCUT2D eigenvalue weighted by atomic mass is 35.5. The van der Waals surface area contributed by atoms with Gasteiger partial charge in [-0.05, 0) is 12.5 Å². The molecule has 106 valence electrons. The zero-order valence-electron chi connectivity index (χ0n) is 10.4. The molecule has 0 saturated heterocycles. The molecule has 6 nitrogen and oxygen atoms in total. The SMILES string of the molecule is O=[N+]([O-])c1cc(Cl)c(NCCCn2cccn2)c(Cl)c1. The number of aryl methyl sites for hydroxylation is 1. The van der Waals surface area contributed by atoms with Crippen LogP contribution in [0.5, 0.6) is 0 Å². The van der Waals surface area contributed by atoms with Crippen molar-refractivity contribution < 1.29 is 4.92 Å². The fourth-order valence-electron chi connectivity index (χ4n) is 1.72. The molecule has 0 spiro atoms. The molecule has 0 saturated carbocycles. The largest absolute Gasteiger partial charge is 0.383 e. The summed E-state index contributed by atoms with van der Waals surface area (Å²) in [7, 11) is 0. The second-order valence-electron chi connectivity index (χ2n) is 4.09. The predicted molar refractivity (Wildman–Crippen MR) is 78.5 cm³/mol. The van der Waals surface area contributed by atoms with Crippen LogP contribution in [0.3, 0.4) is 0 Å². The van der Waals surface area contributed by atoms with E-state index in [-0.39, 0.29) is 15.7 Å². The zero-order chi connectivity index (χ0) is 14.5. The van der Waals surface area contributed by atoms with Crippen LogP contribution in [-0.2, 0) is 6.54 Å². The Hall–Kier alpha value is -1.79. The van der Waals surface area contributed by atoms with Crippen LogP contribution >= 0.6 is 23.2 Å². The number of benzene rings is 1. The van der Waals surface area contributed by atoms with E-state index in [2.05, 4.69) is 10.4 Å². The quantitative estimate of drug-likeness (QED) is 0.502. The molecular formula is C12H12Cl2N4O2. The van der Waals surface area contributed by atoms with Crippen molar-refractivity contribution in [2.24, 2.45) is 0 Å². The van der Waals surface area contributed by atoms with Crippen molar-refractivity contribution >= 4 is 34.6 Å². The van der Waals surface area contributed by atoms with Gasteiger partial charge >= 0.3 is 0 Å². The molecule has 20 heavy (non-hydrogen) atoms. The molecule has 0 atom stereocenters. The Morgan fingerprint density at radius 1 is 1.35 bits per heavy atom.